The Bertz CT molecular complexity index is 1650. The van der Waals surface area contributed by atoms with E-state index >= 15 is 0 Å². The summed E-state index contributed by atoms with van der Waals surface area (Å²) in [6.45, 7) is 6.01. The van der Waals surface area contributed by atoms with Crippen LogP contribution in [0.5, 0.6) is 17.5 Å². The van der Waals surface area contributed by atoms with Gasteiger partial charge in [-0.15, -0.1) is 0 Å². The summed E-state index contributed by atoms with van der Waals surface area (Å²) in [5, 5.41) is 0.734. The number of fused-ring (bicyclic) bond motifs is 2. The lowest BCUT2D eigenvalue weighted by Gasteiger charge is -2.32. The summed E-state index contributed by atoms with van der Waals surface area (Å²) in [5.74, 6) is 0.0209. The van der Waals surface area contributed by atoms with E-state index in [0.717, 1.165) is 41.5 Å². The zero-order chi connectivity index (χ0) is 30.3. The third-order valence-electron chi connectivity index (χ3n) is 7.90. The molecule has 10 nitrogen and oxygen atoms in total. The van der Waals surface area contributed by atoms with Crippen LogP contribution in [0.15, 0.2) is 36.9 Å². The van der Waals surface area contributed by atoms with Gasteiger partial charge in [0.2, 0.25) is 17.7 Å². The fraction of sp³-hybridized carbons (Fsp3) is 0.433. The molecule has 43 heavy (non-hydrogen) atoms. The summed E-state index contributed by atoms with van der Waals surface area (Å²) >= 11 is 0. The monoisotopic (exact) mass is 595 g/mol. The minimum atomic E-state index is -4.66. The number of aryl methyl sites for hydroxylation is 1. The van der Waals surface area contributed by atoms with E-state index in [0.29, 0.717) is 36.7 Å². The van der Waals surface area contributed by atoms with E-state index in [-0.39, 0.29) is 36.5 Å². The standard InChI is InChI=1S/C30H32F3N7O3/c1-17-14-40(15-20-11-22(13-34-26(17)20)43-28-23-8-18(2)38-27(23)36-16-37-28)25(41)10-19-9-24(30(31,32)33)29(35-12-19)42-21-4-6-39(3)7-5-21/h8-9,11-13,16-17,21H,4-7,10,14-15H2,1-3H3,(H,36,37,38). The predicted molar refractivity (Wildman–Crippen MR) is 151 cm³/mol. The molecule has 1 N–H and O–H groups in total. The summed E-state index contributed by atoms with van der Waals surface area (Å²) in [7, 11) is 1.97. The molecule has 0 aromatic carbocycles. The Balaban J connectivity index is 1.17. The Labute approximate surface area is 246 Å². The minimum Gasteiger partial charge on any atom is -0.474 e. The number of aromatic nitrogens is 5. The maximum absolute atomic E-state index is 14.0. The largest absolute Gasteiger partial charge is 0.474 e. The first-order valence-electron chi connectivity index (χ1n) is 14.2. The number of nitrogens with zero attached hydrogens (tertiary/aromatic N) is 6. The van der Waals surface area contributed by atoms with Crippen molar-refractivity contribution in [3.63, 3.8) is 0 Å². The van der Waals surface area contributed by atoms with Crippen LogP contribution in [0.25, 0.3) is 11.0 Å². The Morgan fingerprint density at radius 1 is 1.07 bits per heavy atom. The second-order valence-electron chi connectivity index (χ2n) is 11.4. The number of amides is 1. The molecule has 1 amide bonds. The van der Waals surface area contributed by atoms with Gasteiger partial charge in [-0.3, -0.25) is 9.78 Å². The molecule has 0 spiro atoms. The molecule has 4 aromatic heterocycles. The molecule has 2 aliphatic heterocycles. The number of H-pyrrole nitrogens is 1. The normalized spacial score (nSPS) is 18.1. The number of likely N-dealkylation sites (tertiary alicyclic amines) is 1. The summed E-state index contributed by atoms with van der Waals surface area (Å²) in [6, 6.07) is 4.70. The predicted octanol–water partition coefficient (Wildman–Crippen LogP) is 5.03. The van der Waals surface area contributed by atoms with Crippen LogP contribution in [0.2, 0.25) is 0 Å². The van der Waals surface area contributed by atoms with E-state index in [9.17, 15) is 18.0 Å². The molecule has 1 atom stereocenters. The molecule has 2 aliphatic rings. The lowest BCUT2D eigenvalue weighted by molar-refractivity contribution is -0.140. The fourth-order valence-electron chi connectivity index (χ4n) is 5.68. The number of hydrogen-bond donors (Lipinski definition) is 1. The molecular formula is C30H32F3N7O3. The van der Waals surface area contributed by atoms with Crippen LogP contribution < -0.4 is 9.47 Å². The van der Waals surface area contributed by atoms with Gasteiger partial charge in [-0.1, -0.05) is 6.92 Å². The molecule has 4 aromatic rings. The van der Waals surface area contributed by atoms with E-state index in [1.165, 1.54) is 12.5 Å². The van der Waals surface area contributed by atoms with Crippen LogP contribution in [-0.2, 0) is 23.9 Å². The van der Waals surface area contributed by atoms with Gasteiger partial charge in [-0.2, -0.15) is 13.2 Å². The van der Waals surface area contributed by atoms with Crippen LogP contribution in [0.3, 0.4) is 0 Å². The summed E-state index contributed by atoms with van der Waals surface area (Å²) in [5.41, 5.74) is 2.44. The summed E-state index contributed by atoms with van der Waals surface area (Å²) < 4.78 is 53.7. The van der Waals surface area contributed by atoms with Gasteiger partial charge in [0.1, 0.15) is 29.4 Å². The zero-order valence-corrected chi connectivity index (χ0v) is 24.1. The van der Waals surface area contributed by atoms with Crippen molar-refractivity contribution in [3.8, 4) is 17.5 Å². The maximum Gasteiger partial charge on any atom is 0.421 e. The van der Waals surface area contributed by atoms with Crippen molar-refractivity contribution in [2.45, 2.75) is 57.9 Å². The average Bonchev–Trinajstić information content (AvgIpc) is 3.35. The lowest BCUT2D eigenvalue weighted by Crippen LogP contribution is -2.39. The molecule has 226 valence electrons. The highest BCUT2D eigenvalue weighted by atomic mass is 19.4. The molecule has 0 radical (unpaired) electrons. The van der Waals surface area contributed by atoms with E-state index < -0.39 is 17.6 Å². The van der Waals surface area contributed by atoms with Crippen molar-refractivity contribution >= 4 is 16.9 Å². The molecule has 1 unspecified atom stereocenters. The number of piperidine rings is 1. The molecule has 6 heterocycles. The number of carbonyl (C=O) groups excluding carboxylic acids is 1. The summed E-state index contributed by atoms with van der Waals surface area (Å²) in [4.78, 5) is 37.3. The van der Waals surface area contributed by atoms with Gasteiger partial charge in [-0.05, 0) is 56.1 Å². The van der Waals surface area contributed by atoms with Crippen molar-refractivity contribution in [2.24, 2.45) is 0 Å². The number of nitrogens with one attached hydrogen (secondary N) is 1. The lowest BCUT2D eigenvalue weighted by atomic mass is 9.95. The Kier molecular flexibility index (Phi) is 7.67. The van der Waals surface area contributed by atoms with Crippen molar-refractivity contribution in [2.75, 3.05) is 26.7 Å². The van der Waals surface area contributed by atoms with Gasteiger partial charge in [0.05, 0.1) is 23.7 Å². The van der Waals surface area contributed by atoms with Crippen molar-refractivity contribution in [1.29, 1.82) is 0 Å². The second-order valence-corrected chi connectivity index (χ2v) is 11.4. The molecule has 1 fully saturated rings. The molecule has 1 saturated heterocycles. The van der Waals surface area contributed by atoms with E-state index in [2.05, 4.69) is 29.8 Å². The SMILES string of the molecule is Cc1cc2c(Oc3cnc4c(c3)CN(C(=O)Cc3cnc(OC5CCN(C)CC5)c(C(F)(F)F)c3)CC4C)ncnc2[nH]1. The van der Waals surface area contributed by atoms with Crippen LogP contribution in [0.4, 0.5) is 13.2 Å². The molecule has 13 heteroatoms. The molecule has 0 bridgehead atoms. The van der Waals surface area contributed by atoms with Gasteiger partial charge in [0, 0.05) is 44.0 Å². The van der Waals surface area contributed by atoms with Gasteiger partial charge >= 0.3 is 6.18 Å². The fourth-order valence-corrected chi connectivity index (χ4v) is 5.68. The first-order chi connectivity index (χ1) is 20.5. The molecule has 6 rings (SSSR count). The topological polar surface area (TPSA) is 109 Å². The number of carbonyl (C=O) groups is 1. The highest BCUT2D eigenvalue weighted by molar-refractivity contribution is 5.82. The third-order valence-corrected chi connectivity index (χ3v) is 7.90. The van der Waals surface area contributed by atoms with Crippen molar-refractivity contribution < 1.29 is 27.4 Å². The van der Waals surface area contributed by atoms with Crippen LogP contribution in [0, 0.1) is 6.92 Å². The van der Waals surface area contributed by atoms with E-state index in [4.69, 9.17) is 9.47 Å². The van der Waals surface area contributed by atoms with Crippen molar-refractivity contribution in [3.05, 3.63) is 65.0 Å². The number of aromatic amines is 1. The molecular weight excluding hydrogens is 563 g/mol. The van der Waals surface area contributed by atoms with Crippen LogP contribution >= 0.6 is 0 Å². The smallest absolute Gasteiger partial charge is 0.421 e. The molecule has 0 aliphatic carbocycles. The number of ether oxygens (including phenoxy) is 2. The number of alkyl halides is 3. The second kappa shape index (κ2) is 11.4. The van der Waals surface area contributed by atoms with Crippen LogP contribution in [-0.4, -0.2) is 73.4 Å². The maximum atomic E-state index is 14.0. The third kappa shape index (κ3) is 6.26. The van der Waals surface area contributed by atoms with E-state index in [1.54, 1.807) is 11.1 Å². The quantitative estimate of drug-likeness (QED) is 0.331. The highest BCUT2D eigenvalue weighted by Gasteiger charge is 2.37. The van der Waals surface area contributed by atoms with Gasteiger partial charge in [-0.25, -0.2) is 15.0 Å². The minimum absolute atomic E-state index is 0.0750. The Hall–Kier alpha value is -4.26. The van der Waals surface area contributed by atoms with Crippen LogP contribution in [0.1, 0.15) is 53.8 Å². The Morgan fingerprint density at radius 2 is 1.86 bits per heavy atom. The van der Waals surface area contributed by atoms with E-state index in [1.807, 2.05) is 33.0 Å². The zero-order valence-electron chi connectivity index (χ0n) is 24.1. The molecule has 0 saturated carbocycles. The number of hydrogen-bond acceptors (Lipinski definition) is 8. The first-order valence-corrected chi connectivity index (χ1v) is 14.2. The first kappa shape index (κ1) is 28.8. The number of pyridine rings is 2. The summed E-state index contributed by atoms with van der Waals surface area (Å²) in [6.07, 6.45) is 0.375. The number of rotatable bonds is 6. The number of halogens is 3. The Morgan fingerprint density at radius 3 is 2.63 bits per heavy atom. The van der Waals surface area contributed by atoms with Gasteiger partial charge < -0.3 is 24.3 Å². The van der Waals surface area contributed by atoms with Gasteiger partial charge in [0.25, 0.3) is 0 Å². The van der Waals surface area contributed by atoms with Crippen molar-refractivity contribution in [1.82, 2.24) is 34.7 Å². The van der Waals surface area contributed by atoms with Gasteiger partial charge in [0.15, 0.2) is 0 Å². The highest BCUT2D eigenvalue weighted by Crippen LogP contribution is 2.37. The average molecular weight is 596 g/mol.